The summed E-state index contributed by atoms with van der Waals surface area (Å²) < 4.78 is 57.3. The van der Waals surface area contributed by atoms with Gasteiger partial charge in [0.25, 0.3) is 16.1 Å². The Hall–Kier alpha value is -2.21. The van der Waals surface area contributed by atoms with Gasteiger partial charge in [0.15, 0.2) is 11.6 Å². The van der Waals surface area contributed by atoms with Crippen LogP contribution in [-0.2, 0) is 17.3 Å². The third kappa shape index (κ3) is 5.28. The van der Waals surface area contributed by atoms with Crippen LogP contribution in [0.1, 0.15) is 36.2 Å². The van der Waals surface area contributed by atoms with E-state index in [2.05, 4.69) is 14.8 Å². The molecule has 0 bridgehead atoms. The van der Waals surface area contributed by atoms with E-state index in [4.69, 9.17) is 11.6 Å². The second-order valence-corrected chi connectivity index (χ2v) is 8.95. The summed E-state index contributed by atoms with van der Waals surface area (Å²) in [6.45, 7) is 0. The molecule has 0 aliphatic heterocycles. The van der Waals surface area contributed by atoms with Crippen LogP contribution in [0.4, 0.5) is 20.2 Å². The molecule has 1 fully saturated rings. The number of carbonyl (C=O) groups is 1. The molecule has 30 heavy (non-hydrogen) atoms. The smallest absolute Gasteiger partial charge is 0.299 e. The second kappa shape index (κ2) is 8.88. The van der Waals surface area contributed by atoms with Gasteiger partial charge in [-0.05, 0) is 37.8 Å². The SMILES string of the molecule is Cn1cc(NS(=O)(=O)NC2CCC(O)CC2)c(Cl)c1C(=O)Nc1ccc(F)c(F)c1. The molecule has 12 heteroatoms. The number of aryl methyl sites for hydroxylation is 1. The summed E-state index contributed by atoms with van der Waals surface area (Å²) in [4.78, 5) is 12.5. The van der Waals surface area contributed by atoms with E-state index in [0.29, 0.717) is 25.7 Å². The van der Waals surface area contributed by atoms with Crippen molar-refractivity contribution in [2.45, 2.75) is 37.8 Å². The molecular weight excluding hydrogens is 442 g/mol. The number of anilines is 2. The lowest BCUT2D eigenvalue weighted by Gasteiger charge is -2.26. The summed E-state index contributed by atoms with van der Waals surface area (Å²) in [6.07, 6.45) is 2.94. The highest BCUT2D eigenvalue weighted by Crippen LogP contribution is 2.29. The van der Waals surface area contributed by atoms with E-state index in [1.165, 1.54) is 23.9 Å². The van der Waals surface area contributed by atoms with Gasteiger partial charge < -0.3 is 15.0 Å². The van der Waals surface area contributed by atoms with E-state index in [0.717, 1.165) is 12.1 Å². The summed E-state index contributed by atoms with van der Waals surface area (Å²) in [5.41, 5.74) is -0.0720. The van der Waals surface area contributed by atoms with Gasteiger partial charge >= 0.3 is 0 Å². The molecule has 1 aliphatic rings. The van der Waals surface area contributed by atoms with E-state index in [-0.39, 0.29) is 28.1 Å². The number of benzene rings is 1. The van der Waals surface area contributed by atoms with Gasteiger partial charge in [-0.25, -0.2) is 8.78 Å². The van der Waals surface area contributed by atoms with Crippen molar-refractivity contribution in [2.75, 3.05) is 10.0 Å². The average molecular weight is 463 g/mol. The number of aliphatic hydroxyl groups excluding tert-OH is 1. The fourth-order valence-corrected chi connectivity index (χ4v) is 4.83. The molecule has 1 heterocycles. The van der Waals surface area contributed by atoms with Crippen LogP contribution in [0.3, 0.4) is 0 Å². The van der Waals surface area contributed by atoms with Crippen molar-refractivity contribution < 1.29 is 27.1 Å². The minimum absolute atomic E-state index is 0.0134. The summed E-state index contributed by atoms with van der Waals surface area (Å²) >= 11 is 6.21. The number of carbonyl (C=O) groups excluding carboxylic acids is 1. The Labute approximate surface area is 177 Å². The Kier molecular flexibility index (Phi) is 6.65. The maximum Gasteiger partial charge on any atom is 0.299 e. The van der Waals surface area contributed by atoms with Crippen LogP contribution in [0, 0.1) is 11.6 Å². The quantitative estimate of drug-likeness (QED) is 0.528. The van der Waals surface area contributed by atoms with Gasteiger partial charge in [0, 0.05) is 31.0 Å². The molecule has 0 radical (unpaired) electrons. The molecule has 0 atom stereocenters. The molecule has 3 rings (SSSR count). The number of hydrogen-bond acceptors (Lipinski definition) is 4. The van der Waals surface area contributed by atoms with Gasteiger partial charge in [0.05, 0.1) is 16.8 Å². The first-order valence-corrected chi connectivity index (χ1v) is 11.0. The first-order chi connectivity index (χ1) is 14.1. The number of aliphatic hydroxyl groups is 1. The summed E-state index contributed by atoms with van der Waals surface area (Å²) in [5, 5.41) is 11.8. The van der Waals surface area contributed by atoms with Crippen LogP contribution in [0.5, 0.6) is 0 Å². The second-order valence-electron chi connectivity index (χ2n) is 7.13. The largest absolute Gasteiger partial charge is 0.393 e. The van der Waals surface area contributed by atoms with Crippen LogP contribution in [-0.4, -0.2) is 36.1 Å². The zero-order valence-electron chi connectivity index (χ0n) is 16.0. The molecule has 0 saturated heterocycles. The van der Waals surface area contributed by atoms with Crippen LogP contribution in [0.2, 0.25) is 5.02 Å². The van der Waals surface area contributed by atoms with Crippen molar-refractivity contribution in [3.05, 3.63) is 46.7 Å². The normalized spacial score (nSPS) is 19.5. The minimum Gasteiger partial charge on any atom is -0.393 e. The molecular formula is C18H21ClF2N4O4S. The number of nitrogens with one attached hydrogen (secondary N) is 3. The molecule has 4 N–H and O–H groups in total. The number of aromatic nitrogens is 1. The van der Waals surface area contributed by atoms with Gasteiger partial charge in [-0.2, -0.15) is 13.1 Å². The Morgan fingerprint density at radius 2 is 1.87 bits per heavy atom. The first-order valence-electron chi connectivity index (χ1n) is 9.15. The molecule has 0 unspecified atom stereocenters. The topological polar surface area (TPSA) is 112 Å². The maximum absolute atomic E-state index is 13.3. The number of amides is 1. The maximum atomic E-state index is 13.3. The van der Waals surface area contributed by atoms with Crippen LogP contribution in [0.25, 0.3) is 0 Å². The van der Waals surface area contributed by atoms with Crippen molar-refractivity contribution in [3.63, 3.8) is 0 Å². The lowest BCUT2D eigenvalue weighted by atomic mass is 9.94. The van der Waals surface area contributed by atoms with Crippen molar-refractivity contribution in [1.29, 1.82) is 0 Å². The number of rotatable bonds is 6. The van der Waals surface area contributed by atoms with E-state index in [9.17, 15) is 27.1 Å². The summed E-state index contributed by atoms with van der Waals surface area (Å²) in [7, 11) is -2.49. The van der Waals surface area contributed by atoms with Gasteiger partial charge in [-0.3, -0.25) is 9.52 Å². The average Bonchev–Trinajstić information content (AvgIpc) is 2.92. The predicted octanol–water partition coefficient (Wildman–Crippen LogP) is 2.76. The van der Waals surface area contributed by atoms with Gasteiger partial charge in [0.2, 0.25) is 0 Å². The van der Waals surface area contributed by atoms with Crippen molar-refractivity contribution in [2.24, 2.45) is 7.05 Å². The van der Waals surface area contributed by atoms with Gasteiger partial charge in [-0.15, -0.1) is 0 Å². The molecule has 8 nitrogen and oxygen atoms in total. The van der Waals surface area contributed by atoms with Crippen molar-refractivity contribution in [3.8, 4) is 0 Å². The highest BCUT2D eigenvalue weighted by atomic mass is 35.5. The summed E-state index contributed by atoms with van der Waals surface area (Å²) in [5.74, 6) is -2.91. The highest BCUT2D eigenvalue weighted by molar-refractivity contribution is 7.90. The molecule has 1 amide bonds. The van der Waals surface area contributed by atoms with Crippen molar-refractivity contribution >= 4 is 39.1 Å². The molecule has 1 aromatic heterocycles. The minimum atomic E-state index is -3.98. The predicted molar refractivity (Wildman–Crippen MR) is 109 cm³/mol. The van der Waals surface area contributed by atoms with Crippen LogP contribution < -0.4 is 14.8 Å². The van der Waals surface area contributed by atoms with Crippen molar-refractivity contribution in [1.82, 2.24) is 9.29 Å². The molecule has 2 aromatic rings. The van der Waals surface area contributed by atoms with E-state index >= 15 is 0 Å². The van der Waals surface area contributed by atoms with E-state index < -0.39 is 33.9 Å². The zero-order valence-corrected chi connectivity index (χ0v) is 17.5. The highest BCUT2D eigenvalue weighted by Gasteiger charge is 2.26. The van der Waals surface area contributed by atoms with E-state index in [1.54, 1.807) is 0 Å². The molecule has 0 spiro atoms. The molecule has 1 saturated carbocycles. The third-order valence-corrected chi connectivity index (χ3v) is 6.29. The molecule has 1 aromatic carbocycles. The van der Waals surface area contributed by atoms with Crippen LogP contribution in [0.15, 0.2) is 24.4 Å². The molecule has 1 aliphatic carbocycles. The lowest BCUT2D eigenvalue weighted by molar-refractivity contribution is 0.101. The lowest BCUT2D eigenvalue weighted by Crippen LogP contribution is -2.41. The van der Waals surface area contributed by atoms with Gasteiger partial charge in [0.1, 0.15) is 5.69 Å². The Bertz CT molecular complexity index is 1050. The Morgan fingerprint density at radius 1 is 1.20 bits per heavy atom. The summed E-state index contributed by atoms with van der Waals surface area (Å²) in [6, 6.07) is 2.55. The van der Waals surface area contributed by atoms with Gasteiger partial charge in [-0.1, -0.05) is 11.6 Å². The fourth-order valence-electron chi connectivity index (χ4n) is 3.28. The third-order valence-electron chi connectivity index (χ3n) is 4.78. The Balaban J connectivity index is 1.72. The zero-order chi connectivity index (χ0) is 22.1. The fraction of sp³-hybridized carbons (Fsp3) is 0.389. The monoisotopic (exact) mass is 462 g/mol. The standard InChI is InChI=1S/C18H21ClF2N4O4S/c1-25-9-15(24-30(28,29)23-10-2-5-12(26)6-3-10)16(19)17(25)18(27)22-11-4-7-13(20)14(21)8-11/h4,7-10,12,23-24,26H,2-3,5-6H2,1H3,(H,22,27). The van der Waals surface area contributed by atoms with Crippen LogP contribution >= 0.6 is 11.6 Å². The number of hydrogen-bond donors (Lipinski definition) is 4. The Morgan fingerprint density at radius 3 is 2.50 bits per heavy atom. The number of nitrogens with zero attached hydrogens (tertiary/aromatic N) is 1. The van der Waals surface area contributed by atoms with E-state index in [1.807, 2.05) is 0 Å². The first kappa shape index (κ1) is 22.5. The molecule has 164 valence electrons. The number of halogens is 3.